The largest absolute Gasteiger partial charge is 0.497 e. The molecule has 0 N–H and O–H groups in total. The predicted molar refractivity (Wildman–Crippen MR) is 157 cm³/mol. The Bertz CT molecular complexity index is 1630. The number of carbonyl (C=O) groups excluding carboxylic acids is 1. The Morgan fingerprint density at radius 2 is 1.83 bits per heavy atom. The van der Waals surface area contributed by atoms with Crippen molar-refractivity contribution in [3.63, 3.8) is 0 Å². The molecule has 0 atom stereocenters. The Morgan fingerprint density at radius 1 is 1.02 bits per heavy atom. The first kappa shape index (κ1) is 26.9. The number of benzene rings is 2. The number of anilines is 1. The second-order valence-corrected chi connectivity index (χ2v) is 11.1. The van der Waals surface area contributed by atoms with Crippen LogP contribution in [0.25, 0.3) is 17.1 Å². The fourth-order valence-corrected chi connectivity index (χ4v) is 6.35. The summed E-state index contributed by atoms with van der Waals surface area (Å²) in [5.41, 5.74) is 2.63. The zero-order valence-electron chi connectivity index (χ0n) is 22.2. The van der Waals surface area contributed by atoms with Crippen LogP contribution in [0.15, 0.2) is 83.6 Å². The number of hydrogen-bond donors (Lipinski definition) is 0. The van der Waals surface area contributed by atoms with Crippen molar-refractivity contribution in [2.45, 2.75) is 10.9 Å². The topological polar surface area (TPSA) is 89.3 Å². The van der Waals surface area contributed by atoms with Crippen LogP contribution in [0.1, 0.15) is 15.5 Å². The van der Waals surface area contributed by atoms with Crippen LogP contribution >= 0.6 is 23.1 Å². The van der Waals surface area contributed by atoms with Crippen molar-refractivity contribution < 1.29 is 13.9 Å². The van der Waals surface area contributed by atoms with Crippen molar-refractivity contribution in [2.75, 3.05) is 38.2 Å². The SMILES string of the molecule is COc1ccc(N2CCN(C(=O)c3csc(CSc4nnc(-c5cccnc5)n4-c4ccccc4F)n3)CC2)cc1. The first-order valence-electron chi connectivity index (χ1n) is 13.0. The number of amides is 1. The number of aromatic nitrogens is 5. The molecule has 1 amide bonds. The number of ether oxygens (including phenoxy) is 1. The lowest BCUT2D eigenvalue weighted by molar-refractivity contribution is 0.0741. The Balaban J connectivity index is 1.13. The molecule has 0 unspecified atom stereocenters. The molecule has 0 saturated carbocycles. The van der Waals surface area contributed by atoms with Gasteiger partial charge in [-0.25, -0.2) is 9.37 Å². The summed E-state index contributed by atoms with van der Waals surface area (Å²) in [5, 5.41) is 11.8. The van der Waals surface area contributed by atoms with Crippen molar-refractivity contribution in [1.82, 2.24) is 29.6 Å². The third kappa shape index (κ3) is 5.79. The summed E-state index contributed by atoms with van der Waals surface area (Å²) < 4.78 is 21.8. The van der Waals surface area contributed by atoms with E-state index in [0.717, 1.165) is 35.1 Å². The van der Waals surface area contributed by atoms with Crippen molar-refractivity contribution >= 4 is 34.7 Å². The summed E-state index contributed by atoms with van der Waals surface area (Å²) in [4.78, 5) is 26.1. The van der Waals surface area contributed by atoms with Crippen LogP contribution in [0.5, 0.6) is 5.75 Å². The summed E-state index contributed by atoms with van der Waals surface area (Å²) in [5.74, 6) is 1.33. The molecule has 1 saturated heterocycles. The molecule has 1 aliphatic rings. The number of halogens is 1. The summed E-state index contributed by atoms with van der Waals surface area (Å²) >= 11 is 2.82. The van der Waals surface area contributed by atoms with Gasteiger partial charge in [0.25, 0.3) is 5.91 Å². The fourth-order valence-electron chi connectivity index (χ4n) is 4.62. The van der Waals surface area contributed by atoms with E-state index in [2.05, 4.69) is 25.1 Å². The molecule has 0 bridgehead atoms. The molecule has 3 aromatic heterocycles. The molecule has 0 aliphatic carbocycles. The minimum Gasteiger partial charge on any atom is -0.497 e. The molecule has 4 heterocycles. The summed E-state index contributed by atoms with van der Waals surface area (Å²) in [7, 11) is 1.65. The maximum atomic E-state index is 14.9. The molecule has 12 heteroatoms. The van der Waals surface area contributed by atoms with E-state index in [1.807, 2.05) is 35.2 Å². The highest BCUT2D eigenvalue weighted by atomic mass is 32.2. The van der Waals surface area contributed by atoms with Gasteiger partial charge in [-0.3, -0.25) is 14.3 Å². The standard InChI is InChI=1S/C29H26FN7O2S2/c1-39-22-10-8-21(9-11-22)35-13-15-36(16-14-35)28(38)24-18-40-26(32-24)19-41-29-34-33-27(20-5-4-12-31-17-20)37(29)25-7-3-2-6-23(25)30/h2-12,17-18H,13-16,19H2,1H3. The van der Waals surface area contributed by atoms with E-state index in [1.165, 1.54) is 29.2 Å². The van der Waals surface area contributed by atoms with E-state index in [9.17, 15) is 9.18 Å². The van der Waals surface area contributed by atoms with Crippen molar-refractivity contribution in [1.29, 1.82) is 0 Å². The molecule has 208 valence electrons. The first-order chi connectivity index (χ1) is 20.1. The molecule has 2 aromatic carbocycles. The van der Waals surface area contributed by atoms with E-state index < -0.39 is 0 Å². The number of para-hydroxylation sites is 1. The van der Waals surface area contributed by atoms with E-state index in [4.69, 9.17) is 4.74 Å². The van der Waals surface area contributed by atoms with Gasteiger partial charge in [0.1, 0.15) is 22.3 Å². The second-order valence-electron chi connectivity index (χ2n) is 9.23. The van der Waals surface area contributed by atoms with Gasteiger partial charge in [-0.05, 0) is 48.5 Å². The zero-order valence-corrected chi connectivity index (χ0v) is 23.8. The van der Waals surface area contributed by atoms with Crippen LogP contribution in [-0.4, -0.2) is 68.8 Å². The van der Waals surface area contributed by atoms with Gasteiger partial charge < -0.3 is 14.5 Å². The highest BCUT2D eigenvalue weighted by Crippen LogP contribution is 2.31. The van der Waals surface area contributed by atoms with Gasteiger partial charge in [0.05, 0.1) is 18.6 Å². The van der Waals surface area contributed by atoms with Crippen molar-refractivity contribution in [3.8, 4) is 22.8 Å². The first-order valence-corrected chi connectivity index (χ1v) is 14.8. The van der Waals surface area contributed by atoms with E-state index in [-0.39, 0.29) is 11.7 Å². The zero-order chi connectivity index (χ0) is 28.2. The smallest absolute Gasteiger partial charge is 0.273 e. The molecular weight excluding hydrogens is 561 g/mol. The van der Waals surface area contributed by atoms with Gasteiger partial charge in [0.15, 0.2) is 11.0 Å². The lowest BCUT2D eigenvalue weighted by atomic mass is 10.2. The maximum Gasteiger partial charge on any atom is 0.273 e. The van der Waals surface area contributed by atoms with Crippen LogP contribution in [0, 0.1) is 5.82 Å². The van der Waals surface area contributed by atoms with Crippen LogP contribution in [0.2, 0.25) is 0 Å². The van der Waals surface area contributed by atoms with Gasteiger partial charge in [-0.1, -0.05) is 23.9 Å². The number of nitrogens with zero attached hydrogens (tertiary/aromatic N) is 7. The second kappa shape index (κ2) is 12.1. The van der Waals surface area contributed by atoms with Crippen molar-refractivity contribution in [3.05, 3.63) is 95.0 Å². The highest BCUT2D eigenvalue weighted by Gasteiger charge is 2.25. The molecular formula is C29H26FN7O2S2. The fraction of sp³-hybridized carbons (Fsp3) is 0.207. The lowest BCUT2D eigenvalue weighted by Crippen LogP contribution is -2.48. The lowest BCUT2D eigenvalue weighted by Gasteiger charge is -2.35. The summed E-state index contributed by atoms with van der Waals surface area (Å²) in [6.07, 6.45) is 3.34. The third-order valence-corrected chi connectivity index (χ3v) is 8.72. The molecule has 1 aliphatic heterocycles. The van der Waals surface area contributed by atoms with E-state index in [0.29, 0.717) is 41.2 Å². The monoisotopic (exact) mass is 587 g/mol. The van der Waals surface area contributed by atoms with Gasteiger partial charge in [-0.2, -0.15) is 0 Å². The number of piperazine rings is 1. The normalized spacial score (nSPS) is 13.4. The van der Waals surface area contributed by atoms with Crippen molar-refractivity contribution in [2.24, 2.45) is 0 Å². The minimum atomic E-state index is -0.381. The number of hydrogen-bond acceptors (Lipinski definition) is 9. The molecule has 0 radical (unpaired) electrons. The predicted octanol–water partition coefficient (Wildman–Crippen LogP) is 5.19. The molecule has 0 spiro atoms. The number of pyridine rings is 1. The van der Waals surface area contributed by atoms with Gasteiger partial charge in [0.2, 0.25) is 0 Å². The van der Waals surface area contributed by atoms with Gasteiger partial charge in [-0.15, -0.1) is 21.5 Å². The van der Waals surface area contributed by atoms with Gasteiger partial charge in [0, 0.05) is 55.2 Å². The molecule has 1 fully saturated rings. The quantitative estimate of drug-likeness (QED) is 0.229. The van der Waals surface area contributed by atoms with E-state index in [1.54, 1.807) is 53.7 Å². The third-order valence-electron chi connectivity index (χ3n) is 6.75. The maximum absolute atomic E-state index is 14.9. The number of thiazole rings is 1. The number of carbonyl (C=O) groups is 1. The van der Waals surface area contributed by atoms with Crippen LogP contribution in [-0.2, 0) is 5.75 Å². The van der Waals surface area contributed by atoms with Gasteiger partial charge >= 0.3 is 0 Å². The number of rotatable bonds is 8. The average molecular weight is 588 g/mol. The number of methoxy groups -OCH3 is 1. The number of thioether (sulfide) groups is 1. The summed E-state index contributed by atoms with van der Waals surface area (Å²) in [6, 6.07) is 18.1. The average Bonchev–Trinajstić information content (AvgIpc) is 3.68. The molecule has 41 heavy (non-hydrogen) atoms. The molecule has 6 rings (SSSR count). The Hall–Kier alpha value is -4.29. The Labute approximate surface area is 244 Å². The van der Waals surface area contributed by atoms with E-state index >= 15 is 0 Å². The van der Waals surface area contributed by atoms with Crippen LogP contribution in [0.3, 0.4) is 0 Å². The van der Waals surface area contributed by atoms with Crippen LogP contribution in [0.4, 0.5) is 10.1 Å². The Kier molecular flexibility index (Phi) is 7.92. The minimum absolute atomic E-state index is 0.0692. The Morgan fingerprint density at radius 3 is 2.56 bits per heavy atom. The summed E-state index contributed by atoms with van der Waals surface area (Å²) in [6.45, 7) is 2.73. The van der Waals surface area contributed by atoms with Crippen LogP contribution < -0.4 is 9.64 Å². The molecule has 5 aromatic rings. The molecule has 9 nitrogen and oxygen atoms in total. The highest BCUT2D eigenvalue weighted by molar-refractivity contribution is 7.98.